The van der Waals surface area contributed by atoms with Gasteiger partial charge in [-0.3, -0.25) is 0 Å². The van der Waals surface area contributed by atoms with Gasteiger partial charge in [-0.1, -0.05) is 0 Å². The van der Waals surface area contributed by atoms with Gasteiger partial charge in [0.1, 0.15) is 0 Å². The summed E-state index contributed by atoms with van der Waals surface area (Å²) in [6.45, 7) is 0. The van der Waals surface area contributed by atoms with Crippen molar-refractivity contribution in [1.29, 1.82) is 0 Å². The quantitative estimate of drug-likeness (QED) is 0.706. The fraction of sp³-hybridized carbons (Fsp3) is 0. The van der Waals surface area contributed by atoms with Crippen LogP contribution in [0, 0.1) is 4.91 Å². The lowest BCUT2D eigenvalue weighted by Crippen LogP contribution is -1.80. The minimum absolute atomic E-state index is 0.173. The van der Waals surface area contributed by atoms with Crippen molar-refractivity contribution in [3.8, 4) is 11.3 Å². The second-order valence-corrected chi connectivity index (χ2v) is 2.43. The van der Waals surface area contributed by atoms with Gasteiger partial charge in [0.25, 0.3) is 0 Å². The Morgan fingerprint density at radius 2 is 2.38 bits per heavy atom. The summed E-state index contributed by atoms with van der Waals surface area (Å²) in [5.74, 6) is 0.173. The van der Waals surface area contributed by atoms with Crippen LogP contribution >= 0.6 is 0 Å². The third-order valence-corrected chi connectivity index (χ3v) is 1.66. The van der Waals surface area contributed by atoms with Gasteiger partial charge in [-0.05, 0) is 17.3 Å². The number of aromatic amines is 1. The molecule has 0 radical (unpaired) electrons. The number of H-pyrrole nitrogens is 1. The van der Waals surface area contributed by atoms with E-state index >= 15 is 0 Å². The molecule has 0 unspecified atom stereocenters. The first kappa shape index (κ1) is 7.60. The molecule has 2 heterocycles. The Labute approximate surface area is 73.8 Å². The Bertz CT molecular complexity index is 410. The molecule has 2 aromatic rings. The lowest BCUT2D eigenvalue weighted by Gasteiger charge is -1.97. The van der Waals surface area contributed by atoms with E-state index in [0.29, 0.717) is 5.56 Å². The maximum atomic E-state index is 10.4. The number of hydrogen-bond donors (Lipinski definition) is 1. The first-order chi connectivity index (χ1) is 6.42. The topological polar surface area (TPSA) is 71.0 Å². The third kappa shape index (κ3) is 1.31. The highest BCUT2D eigenvalue weighted by Gasteiger charge is 2.06. The van der Waals surface area contributed by atoms with Crippen LogP contribution in [0.25, 0.3) is 11.3 Å². The van der Waals surface area contributed by atoms with Gasteiger partial charge in [-0.15, -0.1) is 4.91 Å². The largest absolute Gasteiger partial charge is 0.345 e. The van der Waals surface area contributed by atoms with Crippen LogP contribution in [-0.2, 0) is 0 Å². The zero-order valence-electron chi connectivity index (χ0n) is 6.64. The van der Waals surface area contributed by atoms with Crippen LogP contribution < -0.4 is 0 Å². The molecule has 2 aromatic heterocycles. The predicted octanol–water partition coefficient (Wildman–Crippen LogP) is 1.87. The van der Waals surface area contributed by atoms with E-state index in [-0.39, 0.29) is 5.82 Å². The average Bonchev–Trinajstić information content (AvgIpc) is 2.70. The Morgan fingerprint density at radius 3 is 3.08 bits per heavy atom. The molecule has 2 rings (SSSR count). The summed E-state index contributed by atoms with van der Waals surface area (Å²) in [5, 5.41) is 2.82. The summed E-state index contributed by atoms with van der Waals surface area (Å²) in [5.41, 5.74) is 1.40. The highest BCUT2D eigenvalue weighted by Crippen LogP contribution is 2.24. The molecule has 0 amide bonds. The lowest BCUT2D eigenvalue weighted by atomic mass is 10.2. The molecule has 0 saturated carbocycles. The molecule has 0 aliphatic rings. The number of nitroso groups, excluding NO2 is 1. The first-order valence-corrected chi connectivity index (χ1v) is 3.69. The predicted molar refractivity (Wildman–Crippen MR) is 47.3 cm³/mol. The van der Waals surface area contributed by atoms with E-state index in [9.17, 15) is 4.91 Å². The first-order valence-electron chi connectivity index (χ1n) is 3.69. The van der Waals surface area contributed by atoms with E-state index in [0.717, 1.165) is 5.69 Å². The highest BCUT2D eigenvalue weighted by atomic mass is 16.3. The van der Waals surface area contributed by atoms with Crippen LogP contribution in [-0.4, -0.2) is 15.0 Å². The minimum atomic E-state index is 0.173. The van der Waals surface area contributed by atoms with Gasteiger partial charge in [0.15, 0.2) is 0 Å². The third-order valence-electron chi connectivity index (χ3n) is 1.66. The monoisotopic (exact) mass is 174 g/mol. The Balaban J connectivity index is 2.57. The summed E-state index contributed by atoms with van der Waals surface area (Å²) in [6.07, 6.45) is 4.68. The van der Waals surface area contributed by atoms with E-state index in [1.807, 2.05) is 0 Å². The second kappa shape index (κ2) is 3.14. The molecular formula is C8H6N4O. The average molecular weight is 174 g/mol. The normalized spacial score (nSPS) is 9.85. The number of imidazole rings is 1. The summed E-state index contributed by atoms with van der Waals surface area (Å²) >= 11 is 0. The van der Waals surface area contributed by atoms with Crippen LogP contribution in [0.1, 0.15) is 0 Å². The lowest BCUT2D eigenvalue weighted by molar-refractivity contribution is 1.25. The zero-order chi connectivity index (χ0) is 9.10. The van der Waals surface area contributed by atoms with E-state index in [1.54, 1.807) is 18.3 Å². The van der Waals surface area contributed by atoms with E-state index in [2.05, 4.69) is 20.1 Å². The van der Waals surface area contributed by atoms with Crippen molar-refractivity contribution >= 4 is 5.82 Å². The van der Waals surface area contributed by atoms with Crippen LogP contribution in [0.15, 0.2) is 36.0 Å². The number of nitrogens with one attached hydrogen (secondary N) is 1. The molecule has 0 bridgehead atoms. The molecule has 64 valence electrons. The second-order valence-electron chi connectivity index (χ2n) is 2.43. The van der Waals surface area contributed by atoms with Gasteiger partial charge >= 0.3 is 0 Å². The molecular weight excluding hydrogens is 168 g/mol. The Hall–Kier alpha value is -2.04. The highest BCUT2D eigenvalue weighted by molar-refractivity contribution is 5.69. The number of rotatable bonds is 2. The van der Waals surface area contributed by atoms with Crippen molar-refractivity contribution in [1.82, 2.24) is 15.0 Å². The van der Waals surface area contributed by atoms with Gasteiger partial charge in [-0.25, -0.2) is 9.97 Å². The van der Waals surface area contributed by atoms with Crippen molar-refractivity contribution in [2.45, 2.75) is 0 Å². The van der Waals surface area contributed by atoms with E-state index < -0.39 is 0 Å². The number of aromatic nitrogens is 3. The summed E-state index contributed by atoms with van der Waals surface area (Å²) in [4.78, 5) is 20.9. The van der Waals surface area contributed by atoms with E-state index in [4.69, 9.17) is 0 Å². The number of hydrogen-bond acceptors (Lipinski definition) is 4. The standard InChI is InChI=1S/C8H6N4O/c13-12-8-6(2-1-3-10-8)7-4-9-5-11-7/h1-5H,(H,9,11). The van der Waals surface area contributed by atoms with E-state index in [1.165, 1.54) is 12.5 Å². The van der Waals surface area contributed by atoms with Crippen molar-refractivity contribution in [3.05, 3.63) is 35.8 Å². The maximum absolute atomic E-state index is 10.4. The minimum Gasteiger partial charge on any atom is -0.345 e. The molecule has 5 heteroatoms. The number of nitrogens with zero attached hydrogens (tertiary/aromatic N) is 3. The molecule has 0 fully saturated rings. The molecule has 0 saturated heterocycles. The summed E-state index contributed by atoms with van der Waals surface area (Å²) < 4.78 is 0. The van der Waals surface area contributed by atoms with Crippen molar-refractivity contribution in [2.24, 2.45) is 5.18 Å². The zero-order valence-corrected chi connectivity index (χ0v) is 6.64. The molecule has 1 N–H and O–H groups in total. The SMILES string of the molecule is O=Nc1ncccc1-c1cnc[nH]1. The van der Waals surface area contributed by atoms with Crippen molar-refractivity contribution in [2.75, 3.05) is 0 Å². The number of pyridine rings is 1. The molecule has 0 aliphatic carbocycles. The molecule has 0 atom stereocenters. The maximum Gasteiger partial charge on any atom is 0.205 e. The summed E-state index contributed by atoms with van der Waals surface area (Å²) in [6, 6.07) is 3.50. The molecule has 0 aliphatic heterocycles. The smallest absolute Gasteiger partial charge is 0.205 e. The fourth-order valence-electron chi connectivity index (χ4n) is 1.08. The van der Waals surface area contributed by atoms with Crippen molar-refractivity contribution < 1.29 is 0 Å². The molecule has 5 nitrogen and oxygen atoms in total. The Morgan fingerprint density at radius 1 is 1.46 bits per heavy atom. The molecule has 13 heavy (non-hydrogen) atoms. The summed E-state index contributed by atoms with van der Waals surface area (Å²) in [7, 11) is 0. The van der Waals surface area contributed by atoms with Crippen LogP contribution in [0.2, 0.25) is 0 Å². The molecule has 0 aromatic carbocycles. The van der Waals surface area contributed by atoms with Gasteiger partial charge in [0.2, 0.25) is 5.82 Å². The van der Waals surface area contributed by atoms with Crippen LogP contribution in [0.4, 0.5) is 5.82 Å². The fourth-order valence-corrected chi connectivity index (χ4v) is 1.08. The Kier molecular flexibility index (Phi) is 1.84. The van der Waals surface area contributed by atoms with Crippen LogP contribution in [0.5, 0.6) is 0 Å². The van der Waals surface area contributed by atoms with Gasteiger partial charge in [0.05, 0.1) is 18.2 Å². The van der Waals surface area contributed by atoms with Crippen LogP contribution in [0.3, 0.4) is 0 Å². The molecule has 0 spiro atoms. The van der Waals surface area contributed by atoms with Crippen molar-refractivity contribution in [3.63, 3.8) is 0 Å². The van der Waals surface area contributed by atoms with Gasteiger partial charge < -0.3 is 4.98 Å². The van der Waals surface area contributed by atoms with Gasteiger partial charge in [-0.2, -0.15) is 0 Å². The van der Waals surface area contributed by atoms with Gasteiger partial charge in [0, 0.05) is 11.8 Å².